The van der Waals surface area contributed by atoms with Crippen molar-refractivity contribution < 1.29 is 4.79 Å². The summed E-state index contributed by atoms with van der Waals surface area (Å²) in [6, 6.07) is 10.2. The van der Waals surface area contributed by atoms with E-state index in [9.17, 15) is 4.79 Å². The lowest BCUT2D eigenvalue weighted by Crippen LogP contribution is -2.35. The van der Waals surface area contributed by atoms with Crippen molar-refractivity contribution in [2.75, 3.05) is 13.1 Å². The molecule has 0 aliphatic heterocycles. The first kappa shape index (κ1) is 12.8. The van der Waals surface area contributed by atoms with Gasteiger partial charge in [0.1, 0.15) is 0 Å². The van der Waals surface area contributed by atoms with Gasteiger partial charge in [0.15, 0.2) is 0 Å². The van der Waals surface area contributed by atoms with E-state index >= 15 is 0 Å². The van der Waals surface area contributed by atoms with Crippen LogP contribution in [0.4, 0.5) is 0 Å². The second-order valence-electron chi connectivity index (χ2n) is 4.10. The van der Waals surface area contributed by atoms with Crippen LogP contribution in [-0.2, 0) is 11.2 Å². The Morgan fingerprint density at radius 2 is 1.75 bits per heavy atom. The smallest absolute Gasteiger partial charge is 0.225 e. The summed E-state index contributed by atoms with van der Waals surface area (Å²) >= 11 is 0. The van der Waals surface area contributed by atoms with Crippen LogP contribution in [0.3, 0.4) is 0 Å². The van der Waals surface area contributed by atoms with E-state index in [-0.39, 0.29) is 11.8 Å². The lowest BCUT2D eigenvalue weighted by atomic mass is 10.00. The molecule has 2 nitrogen and oxygen atoms in total. The molecule has 0 heterocycles. The maximum atomic E-state index is 12.0. The minimum absolute atomic E-state index is 0.0716. The summed E-state index contributed by atoms with van der Waals surface area (Å²) in [5, 5.41) is 0. The number of amides is 1. The third-order valence-electron chi connectivity index (χ3n) is 2.88. The van der Waals surface area contributed by atoms with Crippen molar-refractivity contribution in [1.82, 2.24) is 4.90 Å². The van der Waals surface area contributed by atoms with Crippen molar-refractivity contribution in [3.8, 4) is 0 Å². The molecule has 0 unspecified atom stereocenters. The summed E-state index contributed by atoms with van der Waals surface area (Å²) in [5.74, 6) is 0.330. The van der Waals surface area contributed by atoms with Crippen LogP contribution in [-0.4, -0.2) is 23.9 Å². The Morgan fingerprint density at radius 3 is 2.25 bits per heavy atom. The number of carbonyl (C=O) groups is 1. The zero-order valence-corrected chi connectivity index (χ0v) is 10.4. The monoisotopic (exact) mass is 219 g/mol. The van der Waals surface area contributed by atoms with Crippen LogP contribution < -0.4 is 0 Å². The van der Waals surface area contributed by atoms with Gasteiger partial charge in [-0.1, -0.05) is 37.3 Å². The lowest BCUT2D eigenvalue weighted by molar-refractivity contribution is -0.134. The number of benzene rings is 1. The average molecular weight is 219 g/mol. The van der Waals surface area contributed by atoms with Crippen LogP contribution >= 0.6 is 0 Å². The van der Waals surface area contributed by atoms with E-state index < -0.39 is 0 Å². The van der Waals surface area contributed by atoms with Gasteiger partial charge in [-0.25, -0.2) is 0 Å². The molecule has 0 saturated carbocycles. The number of carbonyl (C=O) groups excluding carboxylic acids is 1. The lowest BCUT2D eigenvalue weighted by Gasteiger charge is -2.22. The first-order chi connectivity index (χ1) is 7.69. The topological polar surface area (TPSA) is 20.3 Å². The fourth-order valence-electron chi connectivity index (χ4n) is 1.90. The Bertz CT molecular complexity index is 317. The summed E-state index contributed by atoms with van der Waals surface area (Å²) in [7, 11) is 0. The second kappa shape index (κ2) is 6.31. The molecule has 16 heavy (non-hydrogen) atoms. The summed E-state index contributed by atoms with van der Waals surface area (Å²) < 4.78 is 0. The number of hydrogen-bond donors (Lipinski definition) is 0. The highest BCUT2D eigenvalue weighted by molar-refractivity contribution is 5.78. The van der Waals surface area contributed by atoms with Gasteiger partial charge in [0.2, 0.25) is 5.91 Å². The summed E-state index contributed by atoms with van der Waals surface area (Å²) in [6.45, 7) is 7.66. The van der Waals surface area contributed by atoms with E-state index in [1.165, 1.54) is 5.56 Å². The van der Waals surface area contributed by atoms with Gasteiger partial charge in [0, 0.05) is 19.0 Å². The average Bonchev–Trinajstić information content (AvgIpc) is 2.31. The van der Waals surface area contributed by atoms with Crippen LogP contribution in [0.1, 0.15) is 26.3 Å². The molecule has 1 aromatic carbocycles. The van der Waals surface area contributed by atoms with Crippen molar-refractivity contribution in [3.63, 3.8) is 0 Å². The molecule has 0 aliphatic rings. The van der Waals surface area contributed by atoms with E-state index in [1.807, 2.05) is 43.9 Å². The van der Waals surface area contributed by atoms with Gasteiger partial charge in [-0.05, 0) is 25.8 Å². The van der Waals surface area contributed by atoms with Crippen molar-refractivity contribution >= 4 is 5.91 Å². The Balaban J connectivity index is 2.58. The minimum atomic E-state index is 0.0716. The third kappa shape index (κ3) is 3.37. The van der Waals surface area contributed by atoms with Crippen LogP contribution in [0.5, 0.6) is 0 Å². The van der Waals surface area contributed by atoms with E-state index in [2.05, 4.69) is 12.1 Å². The molecule has 0 radical (unpaired) electrons. The van der Waals surface area contributed by atoms with Crippen molar-refractivity contribution in [2.45, 2.75) is 27.2 Å². The molecule has 0 aromatic heterocycles. The van der Waals surface area contributed by atoms with Crippen molar-refractivity contribution in [1.29, 1.82) is 0 Å². The fourth-order valence-corrected chi connectivity index (χ4v) is 1.90. The molecule has 2 heteroatoms. The minimum Gasteiger partial charge on any atom is -0.343 e. The van der Waals surface area contributed by atoms with Gasteiger partial charge in [-0.2, -0.15) is 0 Å². The van der Waals surface area contributed by atoms with Crippen LogP contribution in [0.15, 0.2) is 30.3 Å². The van der Waals surface area contributed by atoms with Crippen LogP contribution in [0, 0.1) is 5.92 Å². The molecule has 1 aromatic rings. The number of hydrogen-bond acceptors (Lipinski definition) is 1. The Kier molecular flexibility index (Phi) is 5.03. The molecule has 0 aliphatic carbocycles. The molecule has 0 bridgehead atoms. The van der Waals surface area contributed by atoms with Gasteiger partial charge in [0.25, 0.3) is 0 Å². The van der Waals surface area contributed by atoms with Crippen LogP contribution in [0.2, 0.25) is 0 Å². The zero-order chi connectivity index (χ0) is 12.0. The predicted molar refractivity (Wildman–Crippen MR) is 67.2 cm³/mol. The number of nitrogens with zero attached hydrogens (tertiary/aromatic N) is 1. The molecule has 1 amide bonds. The molecule has 0 N–H and O–H groups in total. The highest BCUT2D eigenvalue weighted by atomic mass is 16.2. The van der Waals surface area contributed by atoms with Gasteiger partial charge < -0.3 is 4.90 Å². The normalized spacial score (nSPS) is 12.2. The van der Waals surface area contributed by atoms with Crippen molar-refractivity contribution in [2.24, 2.45) is 5.92 Å². The van der Waals surface area contributed by atoms with Gasteiger partial charge in [-0.15, -0.1) is 0 Å². The maximum Gasteiger partial charge on any atom is 0.225 e. The Morgan fingerprint density at radius 1 is 1.19 bits per heavy atom. The van der Waals surface area contributed by atoms with Gasteiger partial charge in [0.05, 0.1) is 0 Å². The standard InChI is InChI=1S/C14H21NO/c1-4-15(5-2)14(16)12(3)11-13-9-7-6-8-10-13/h6-10,12H,4-5,11H2,1-3H3/t12-/m0/s1. The van der Waals surface area contributed by atoms with E-state index in [4.69, 9.17) is 0 Å². The Hall–Kier alpha value is -1.31. The summed E-state index contributed by atoms with van der Waals surface area (Å²) in [4.78, 5) is 13.9. The molecule has 1 rings (SSSR count). The van der Waals surface area contributed by atoms with Crippen LogP contribution in [0.25, 0.3) is 0 Å². The fraction of sp³-hybridized carbons (Fsp3) is 0.500. The summed E-state index contributed by atoms with van der Waals surface area (Å²) in [6.07, 6.45) is 0.830. The zero-order valence-electron chi connectivity index (χ0n) is 10.4. The second-order valence-corrected chi connectivity index (χ2v) is 4.10. The predicted octanol–water partition coefficient (Wildman–Crippen LogP) is 2.73. The summed E-state index contributed by atoms with van der Waals surface area (Å²) in [5.41, 5.74) is 1.23. The Labute approximate surface area is 98.3 Å². The molecule has 1 atom stereocenters. The highest BCUT2D eigenvalue weighted by Crippen LogP contribution is 2.11. The van der Waals surface area contributed by atoms with E-state index in [0.29, 0.717) is 0 Å². The first-order valence-electron chi connectivity index (χ1n) is 6.01. The molecular weight excluding hydrogens is 198 g/mol. The van der Waals surface area contributed by atoms with E-state index in [0.717, 1.165) is 19.5 Å². The molecular formula is C14H21NO. The van der Waals surface area contributed by atoms with Gasteiger partial charge >= 0.3 is 0 Å². The largest absolute Gasteiger partial charge is 0.343 e. The quantitative estimate of drug-likeness (QED) is 0.745. The first-order valence-corrected chi connectivity index (χ1v) is 6.01. The maximum absolute atomic E-state index is 12.0. The third-order valence-corrected chi connectivity index (χ3v) is 2.88. The number of rotatable bonds is 5. The van der Waals surface area contributed by atoms with Crippen molar-refractivity contribution in [3.05, 3.63) is 35.9 Å². The highest BCUT2D eigenvalue weighted by Gasteiger charge is 2.17. The molecule has 0 saturated heterocycles. The van der Waals surface area contributed by atoms with E-state index in [1.54, 1.807) is 0 Å². The molecule has 88 valence electrons. The van der Waals surface area contributed by atoms with Gasteiger partial charge in [-0.3, -0.25) is 4.79 Å². The molecule has 0 spiro atoms. The SMILES string of the molecule is CCN(CC)C(=O)[C@@H](C)Cc1ccccc1. The molecule has 0 fully saturated rings.